The standard InChI is InChI=1S/C20H19F3N2O3/c1-9-10(2)19(4)15-14(18(9,3)28-19)16(26)25(17(15)27)11-6-7-13(24-5)12(8-11)20(21,22)23/h6-10,14-15H,1-4H3/t9-,10+,14+,15-,18?,19?. The van der Waals surface area contributed by atoms with Crippen molar-refractivity contribution in [2.45, 2.75) is 45.1 Å². The van der Waals surface area contributed by atoms with Gasteiger partial charge in [0.05, 0.1) is 35.2 Å². The van der Waals surface area contributed by atoms with E-state index >= 15 is 0 Å². The van der Waals surface area contributed by atoms with Gasteiger partial charge in [0.25, 0.3) is 0 Å². The summed E-state index contributed by atoms with van der Waals surface area (Å²) in [5.74, 6) is -2.50. The van der Waals surface area contributed by atoms with Gasteiger partial charge in [-0.2, -0.15) is 13.2 Å². The Balaban J connectivity index is 1.82. The van der Waals surface area contributed by atoms with E-state index in [4.69, 9.17) is 11.3 Å². The van der Waals surface area contributed by atoms with E-state index in [1.165, 1.54) is 6.07 Å². The Labute approximate surface area is 160 Å². The molecule has 0 aromatic heterocycles. The quantitative estimate of drug-likeness (QED) is 0.532. The van der Waals surface area contributed by atoms with Crippen molar-refractivity contribution >= 4 is 23.2 Å². The first kappa shape index (κ1) is 18.9. The zero-order valence-electron chi connectivity index (χ0n) is 15.8. The molecule has 148 valence electrons. The third-order valence-corrected chi connectivity index (χ3v) is 7.20. The summed E-state index contributed by atoms with van der Waals surface area (Å²) in [6.07, 6.45) is -4.76. The van der Waals surface area contributed by atoms with Crippen LogP contribution in [0.1, 0.15) is 33.3 Å². The lowest BCUT2D eigenvalue weighted by atomic mass is 9.59. The van der Waals surface area contributed by atoms with Gasteiger partial charge in [0.1, 0.15) is 0 Å². The minimum Gasteiger partial charge on any atom is -0.367 e. The summed E-state index contributed by atoms with van der Waals surface area (Å²) in [5, 5.41) is 0. The maximum Gasteiger partial charge on any atom is 0.407 e. The molecule has 0 saturated carbocycles. The van der Waals surface area contributed by atoms with Gasteiger partial charge >= 0.3 is 6.18 Å². The second-order valence-electron chi connectivity index (χ2n) is 8.33. The van der Waals surface area contributed by atoms with Crippen LogP contribution in [0.5, 0.6) is 0 Å². The minimum absolute atomic E-state index is 0.0191. The molecule has 2 unspecified atom stereocenters. The predicted molar refractivity (Wildman–Crippen MR) is 93.4 cm³/mol. The van der Waals surface area contributed by atoms with Crippen molar-refractivity contribution in [3.63, 3.8) is 0 Å². The Bertz CT molecular complexity index is 915. The van der Waals surface area contributed by atoms with Crippen LogP contribution < -0.4 is 4.90 Å². The monoisotopic (exact) mass is 392 g/mol. The van der Waals surface area contributed by atoms with Crippen LogP contribution in [-0.2, 0) is 20.5 Å². The molecule has 3 heterocycles. The average molecular weight is 392 g/mol. The smallest absolute Gasteiger partial charge is 0.367 e. The van der Waals surface area contributed by atoms with Gasteiger partial charge in [0, 0.05) is 5.69 Å². The molecule has 8 heteroatoms. The lowest BCUT2D eigenvalue weighted by Crippen LogP contribution is -2.49. The fourth-order valence-corrected chi connectivity index (χ4v) is 5.41. The number of amides is 2. The Morgan fingerprint density at radius 3 is 2.00 bits per heavy atom. The summed E-state index contributed by atoms with van der Waals surface area (Å²) in [5.41, 5.74) is -3.57. The van der Waals surface area contributed by atoms with Gasteiger partial charge in [-0.25, -0.2) is 9.74 Å². The zero-order valence-corrected chi connectivity index (χ0v) is 15.8. The summed E-state index contributed by atoms with van der Waals surface area (Å²) in [6, 6.07) is 2.93. The Morgan fingerprint density at radius 2 is 1.57 bits per heavy atom. The van der Waals surface area contributed by atoms with Crippen LogP contribution >= 0.6 is 0 Å². The summed E-state index contributed by atoms with van der Waals surface area (Å²) < 4.78 is 46.2. The Hall–Kier alpha value is -2.40. The summed E-state index contributed by atoms with van der Waals surface area (Å²) in [4.78, 5) is 30.1. The van der Waals surface area contributed by atoms with Crippen molar-refractivity contribution < 1.29 is 27.5 Å². The number of fused-ring (bicyclic) bond motifs is 5. The number of halogens is 3. The van der Waals surface area contributed by atoms with E-state index < -0.39 is 52.3 Å². The molecule has 1 aromatic rings. The molecule has 6 atom stereocenters. The fraction of sp³-hybridized carbons (Fsp3) is 0.550. The van der Waals surface area contributed by atoms with Crippen LogP contribution in [0.2, 0.25) is 0 Å². The van der Waals surface area contributed by atoms with Gasteiger partial charge in [-0.05, 0) is 37.8 Å². The van der Waals surface area contributed by atoms with E-state index in [-0.39, 0.29) is 17.5 Å². The van der Waals surface area contributed by atoms with Gasteiger partial charge in [-0.15, -0.1) is 0 Å². The van der Waals surface area contributed by atoms with Crippen LogP contribution in [-0.4, -0.2) is 23.0 Å². The summed E-state index contributed by atoms with van der Waals surface area (Å²) in [6.45, 7) is 14.5. The molecule has 3 fully saturated rings. The highest BCUT2D eigenvalue weighted by Gasteiger charge is 2.77. The van der Waals surface area contributed by atoms with E-state index in [1.807, 2.05) is 27.7 Å². The van der Waals surface area contributed by atoms with Crippen molar-refractivity contribution in [2.75, 3.05) is 4.90 Å². The van der Waals surface area contributed by atoms with Gasteiger partial charge in [-0.3, -0.25) is 9.59 Å². The van der Waals surface area contributed by atoms with Crippen molar-refractivity contribution in [3.8, 4) is 0 Å². The van der Waals surface area contributed by atoms with E-state index in [0.717, 1.165) is 11.0 Å². The molecule has 2 bridgehead atoms. The molecule has 28 heavy (non-hydrogen) atoms. The number of ether oxygens (including phenoxy) is 1. The summed E-state index contributed by atoms with van der Waals surface area (Å²) in [7, 11) is 0. The van der Waals surface area contributed by atoms with Crippen LogP contribution in [0.25, 0.3) is 4.85 Å². The number of hydrogen-bond acceptors (Lipinski definition) is 3. The molecule has 0 radical (unpaired) electrons. The van der Waals surface area contributed by atoms with Crippen molar-refractivity contribution in [1.82, 2.24) is 0 Å². The first-order valence-corrected chi connectivity index (χ1v) is 9.04. The van der Waals surface area contributed by atoms with E-state index in [0.29, 0.717) is 6.07 Å². The number of nitrogens with zero attached hydrogens (tertiary/aromatic N) is 2. The average Bonchev–Trinajstić information content (AvgIpc) is 3.10. The second-order valence-corrected chi connectivity index (χ2v) is 8.33. The van der Waals surface area contributed by atoms with E-state index in [1.54, 1.807) is 0 Å². The second kappa shape index (κ2) is 5.35. The molecule has 5 nitrogen and oxygen atoms in total. The van der Waals surface area contributed by atoms with Crippen LogP contribution in [0.15, 0.2) is 18.2 Å². The molecule has 0 N–H and O–H groups in total. The highest BCUT2D eigenvalue weighted by Crippen LogP contribution is 2.65. The minimum atomic E-state index is -4.76. The van der Waals surface area contributed by atoms with E-state index in [9.17, 15) is 22.8 Å². The molecule has 0 spiro atoms. The number of carbonyl (C=O) groups is 2. The SMILES string of the molecule is [C-]#[N+]c1ccc(N2C(=O)[C@@H]3[C@H](C2=O)C2(C)OC3(C)[C@H](C)[C@@H]2C)cc1C(F)(F)F. The third kappa shape index (κ3) is 2.05. The Kier molecular flexibility index (Phi) is 3.62. The molecular formula is C20H19F3N2O3. The maximum atomic E-state index is 13.3. The molecule has 4 rings (SSSR count). The van der Waals surface area contributed by atoms with Gasteiger partial charge in [0.15, 0.2) is 5.69 Å². The van der Waals surface area contributed by atoms with Crippen LogP contribution in [0.4, 0.5) is 24.5 Å². The fourth-order valence-electron chi connectivity index (χ4n) is 5.41. The van der Waals surface area contributed by atoms with E-state index in [2.05, 4.69) is 4.85 Å². The lowest BCUT2D eigenvalue weighted by Gasteiger charge is -2.38. The molecule has 3 aliphatic rings. The van der Waals surface area contributed by atoms with Gasteiger partial charge < -0.3 is 4.74 Å². The van der Waals surface area contributed by atoms with Crippen molar-refractivity contribution in [3.05, 3.63) is 35.2 Å². The number of hydrogen-bond donors (Lipinski definition) is 0. The first-order valence-electron chi connectivity index (χ1n) is 9.04. The normalized spacial score (nSPS) is 39.4. The van der Waals surface area contributed by atoms with Crippen molar-refractivity contribution in [1.29, 1.82) is 0 Å². The number of alkyl halides is 3. The highest BCUT2D eigenvalue weighted by atomic mass is 19.4. The highest BCUT2D eigenvalue weighted by molar-refractivity contribution is 6.23. The molecule has 3 saturated heterocycles. The summed E-state index contributed by atoms with van der Waals surface area (Å²) >= 11 is 0. The molecule has 1 aromatic carbocycles. The number of imide groups is 1. The predicted octanol–water partition coefficient (Wildman–Crippen LogP) is 4.20. The number of benzene rings is 1. The number of carbonyl (C=O) groups excluding carboxylic acids is 2. The topological polar surface area (TPSA) is 51.0 Å². The molecule has 2 amide bonds. The van der Waals surface area contributed by atoms with Gasteiger partial charge in [0.2, 0.25) is 11.8 Å². The largest absolute Gasteiger partial charge is 0.407 e. The lowest BCUT2D eigenvalue weighted by molar-refractivity contribution is -0.137. The Morgan fingerprint density at radius 1 is 1.07 bits per heavy atom. The first-order chi connectivity index (χ1) is 12.9. The maximum absolute atomic E-state index is 13.3. The van der Waals surface area contributed by atoms with Crippen molar-refractivity contribution in [2.24, 2.45) is 23.7 Å². The number of rotatable bonds is 1. The molecular weight excluding hydrogens is 373 g/mol. The zero-order chi connectivity index (χ0) is 20.8. The molecule has 0 aliphatic carbocycles. The molecule has 3 aliphatic heterocycles. The van der Waals surface area contributed by atoms with Gasteiger partial charge in [-0.1, -0.05) is 19.9 Å². The number of anilines is 1. The third-order valence-electron chi connectivity index (χ3n) is 7.20. The van der Waals surface area contributed by atoms with Crippen LogP contribution in [0.3, 0.4) is 0 Å². The van der Waals surface area contributed by atoms with Crippen LogP contribution in [0, 0.1) is 30.2 Å².